The molecule has 82 heavy (non-hydrogen) atoms. The van der Waals surface area contributed by atoms with Crippen molar-refractivity contribution in [3.05, 3.63) is 97.2 Å². The van der Waals surface area contributed by atoms with E-state index in [9.17, 15) is 19.5 Å². The number of quaternary nitrogens is 1. The maximum absolute atomic E-state index is 12.9. The number of carboxylic acid groups (broad SMARTS) is 1. The minimum Gasteiger partial charge on any atom is -0.545 e. The van der Waals surface area contributed by atoms with E-state index in [2.05, 4.69) is 111 Å². The summed E-state index contributed by atoms with van der Waals surface area (Å²) in [5.41, 5.74) is 0. The van der Waals surface area contributed by atoms with Gasteiger partial charge in [-0.25, -0.2) is 0 Å². The zero-order valence-electron chi connectivity index (χ0n) is 53.8. The fraction of sp³-hybridized carbons (Fsp3) is 0.740. The van der Waals surface area contributed by atoms with Gasteiger partial charge in [-0.1, -0.05) is 297 Å². The first-order valence-electron chi connectivity index (χ1n) is 33.9. The summed E-state index contributed by atoms with van der Waals surface area (Å²) in [6.07, 6.45) is 83.5. The van der Waals surface area contributed by atoms with Crippen LogP contribution in [0.15, 0.2) is 97.2 Å². The maximum atomic E-state index is 12.9. The third-order valence-corrected chi connectivity index (χ3v) is 14.6. The van der Waals surface area contributed by atoms with E-state index in [-0.39, 0.29) is 38.6 Å². The van der Waals surface area contributed by atoms with Crippen molar-refractivity contribution < 1.29 is 42.9 Å². The summed E-state index contributed by atoms with van der Waals surface area (Å²) in [4.78, 5) is 37.4. The molecule has 0 fully saturated rings. The Bertz CT molecular complexity index is 1670. The Labute approximate surface area is 505 Å². The van der Waals surface area contributed by atoms with Gasteiger partial charge in [-0.15, -0.1) is 0 Å². The molecule has 472 valence electrons. The van der Waals surface area contributed by atoms with Crippen LogP contribution in [-0.2, 0) is 33.3 Å². The molecular formula is C73H127NO8. The van der Waals surface area contributed by atoms with Crippen LogP contribution in [0, 0.1) is 0 Å². The Morgan fingerprint density at radius 3 is 1.04 bits per heavy atom. The predicted octanol–water partition coefficient (Wildman–Crippen LogP) is 19.5. The van der Waals surface area contributed by atoms with Gasteiger partial charge in [-0.2, -0.15) is 0 Å². The van der Waals surface area contributed by atoms with Gasteiger partial charge in [-0.3, -0.25) is 9.59 Å². The van der Waals surface area contributed by atoms with E-state index < -0.39 is 24.3 Å². The van der Waals surface area contributed by atoms with Gasteiger partial charge in [0.1, 0.15) is 13.2 Å². The van der Waals surface area contributed by atoms with E-state index >= 15 is 0 Å². The zero-order valence-corrected chi connectivity index (χ0v) is 53.8. The molecule has 0 aliphatic heterocycles. The number of carbonyl (C=O) groups excluding carboxylic acids is 3. The molecular weight excluding hydrogens is 1020 g/mol. The van der Waals surface area contributed by atoms with Gasteiger partial charge in [0.05, 0.1) is 40.3 Å². The molecule has 0 saturated heterocycles. The zero-order chi connectivity index (χ0) is 59.8. The Morgan fingerprint density at radius 2 is 0.695 bits per heavy atom. The van der Waals surface area contributed by atoms with Gasteiger partial charge >= 0.3 is 11.9 Å². The molecule has 0 aliphatic rings. The van der Waals surface area contributed by atoms with Gasteiger partial charge in [0.25, 0.3) is 0 Å². The van der Waals surface area contributed by atoms with Crippen LogP contribution in [0.5, 0.6) is 0 Å². The van der Waals surface area contributed by atoms with Gasteiger partial charge < -0.3 is 33.3 Å². The highest BCUT2D eigenvalue weighted by atomic mass is 16.7. The topological polar surface area (TPSA) is 111 Å². The molecule has 0 aromatic rings. The second kappa shape index (κ2) is 63.2. The Hall–Kier alpha value is -3.79. The van der Waals surface area contributed by atoms with Crippen LogP contribution in [-0.4, -0.2) is 82.3 Å². The second-order valence-corrected chi connectivity index (χ2v) is 23.7. The van der Waals surface area contributed by atoms with Crippen molar-refractivity contribution in [1.82, 2.24) is 0 Å². The molecule has 0 aliphatic carbocycles. The minimum atomic E-state index is -1.64. The smallest absolute Gasteiger partial charge is 0.306 e. The lowest BCUT2D eigenvalue weighted by Gasteiger charge is -2.26. The first kappa shape index (κ1) is 78.2. The molecule has 0 saturated carbocycles. The number of esters is 2. The van der Waals surface area contributed by atoms with E-state index in [0.29, 0.717) is 17.4 Å². The van der Waals surface area contributed by atoms with Gasteiger partial charge in [-0.05, 0) is 77.0 Å². The number of hydrogen-bond donors (Lipinski definition) is 0. The lowest BCUT2D eigenvalue weighted by atomic mass is 10.0. The molecule has 0 rings (SSSR count). The second-order valence-electron chi connectivity index (χ2n) is 23.7. The summed E-state index contributed by atoms with van der Waals surface area (Å²) in [5.74, 6) is -2.34. The normalized spacial score (nSPS) is 13.3. The van der Waals surface area contributed by atoms with Crippen molar-refractivity contribution in [2.24, 2.45) is 0 Å². The average Bonchev–Trinajstić information content (AvgIpc) is 3.45. The van der Waals surface area contributed by atoms with Crippen molar-refractivity contribution in [3.63, 3.8) is 0 Å². The Kier molecular flexibility index (Phi) is 60.3. The SMILES string of the molecule is CC/C=C\C/C=C\C/C=C\C/C=C\C/C=C\C/C=C\C/C=C\C/C=C\CCCCC(=O)OC(COC(=O)CCCCCCCCCCCCCCCCCCCCCCCCCCCCCCCC)COC(OCC[N+](C)(C)C)C(=O)[O-]. The van der Waals surface area contributed by atoms with Gasteiger partial charge in [0.15, 0.2) is 12.4 Å². The number of carboxylic acids is 1. The Morgan fingerprint density at radius 1 is 0.378 bits per heavy atom. The van der Waals surface area contributed by atoms with Crippen LogP contribution in [0.2, 0.25) is 0 Å². The van der Waals surface area contributed by atoms with Crippen LogP contribution in [0.4, 0.5) is 0 Å². The van der Waals surface area contributed by atoms with Gasteiger partial charge in [0.2, 0.25) is 0 Å². The van der Waals surface area contributed by atoms with E-state index in [1.165, 1.54) is 173 Å². The third kappa shape index (κ3) is 63.8. The lowest BCUT2D eigenvalue weighted by molar-refractivity contribution is -0.870. The average molecular weight is 1150 g/mol. The number of hydrogen-bond acceptors (Lipinski definition) is 8. The molecule has 0 aromatic carbocycles. The summed E-state index contributed by atoms with van der Waals surface area (Å²) in [6.45, 7) is 4.61. The molecule has 9 heteroatoms. The summed E-state index contributed by atoms with van der Waals surface area (Å²) < 4.78 is 22.7. The standard InChI is InChI=1S/C73H127NO8/c1-6-8-10-12-14-16-18-20-22-24-26-28-30-32-34-35-36-38-39-41-43-45-47-49-51-53-55-57-59-61-63-70(75)80-67-69(68-81-73(72(77)78)79-66-65-74(3,4)5)82-71(76)64-62-60-58-56-54-52-50-48-46-44-42-40-37-33-31-29-27-25-23-21-19-17-15-13-11-9-7-2/h9,11,15,17,21,23,27,29,33,37,42,44,48,50,54,56,69,73H,6-8,10,12-14,16,18-20,22,24-26,28,30-32,34-36,38-41,43,45-47,49,51-53,55,57-68H2,1-5H3/b11-9-,17-15-,23-21-,29-27-,37-33-,44-42-,50-48-,56-54-. The molecule has 0 radical (unpaired) electrons. The molecule has 0 heterocycles. The molecule has 0 aromatic heterocycles. The highest BCUT2D eigenvalue weighted by Crippen LogP contribution is 2.18. The molecule has 2 atom stereocenters. The van der Waals surface area contributed by atoms with Crippen molar-refractivity contribution in [1.29, 1.82) is 0 Å². The first-order chi connectivity index (χ1) is 40.1. The summed E-state index contributed by atoms with van der Waals surface area (Å²) in [6, 6.07) is 0. The van der Waals surface area contributed by atoms with Crippen molar-refractivity contribution in [2.75, 3.05) is 47.5 Å². The number of unbranched alkanes of at least 4 members (excludes halogenated alkanes) is 31. The highest BCUT2D eigenvalue weighted by molar-refractivity contribution is 5.70. The van der Waals surface area contributed by atoms with Crippen LogP contribution in [0.3, 0.4) is 0 Å². The number of aliphatic carboxylic acids is 1. The van der Waals surface area contributed by atoms with Crippen LogP contribution in [0.25, 0.3) is 0 Å². The summed E-state index contributed by atoms with van der Waals surface area (Å²) >= 11 is 0. The number of allylic oxidation sites excluding steroid dienone is 16. The van der Waals surface area contributed by atoms with Crippen LogP contribution in [0.1, 0.15) is 290 Å². The monoisotopic (exact) mass is 1150 g/mol. The molecule has 9 nitrogen and oxygen atoms in total. The molecule has 2 unspecified atom stereocenters. The van der Waals surface area contributed by atoms with E-state index in [0.717, 1.165) is 83.5 Å². The van der Waals surface area contributed by atoms with Crippen molar-refractivity contribution in [3.8, 4) is 0 Å². The van der Waals surface area contributed by atoms with E-state index in [1.807, 2.05) is 21.1 Å². The predicted molar refractivity (Wildman–Crippen MR) is 347 cm³/mol. The molecule has 0 N–H and O–H groups in total. The molecule has 0 amide bonds. The lowest BCUT2D eigenvalue weighted by Crippen LogP contribution is -2.44. The van der Waals surface area contributed by atoms with Crippen LogP contribution >= 0.6 is 0 Å². The first-order valence-corrected chi connectivity index (χ1v) is 33.9. The highest BCUT2D eigenvalue weighted by Gasteiger charge is 2.22. The van der Waals surface area contributed by atoms with Crippen molar-refractivity contribution >= 4 is 17.9 Å². The maximum Gasteiger partial charge on any atom is 0.306 e. The molecule has 0 bridgehead atoms. The van der Waals surface area contributed by atoms with E-state index in [4.69, 9.17) is 18.9 Å². The quantitative estimate of drug-likeness (QED) is 0.0195. The largest absolute Gasteiger partial charge is 0.545 e. The van der Waals surface area contributed by atoms with Gasteiger partial charge in [0, 0.05) is 12.8 Å². The number of rotatable bonds is 62. The van der Waals surface area contributed by atoms with Crippen molar-refractivity contribution in [2.45, 2.75) is 302 Å². The molecule has 0 spiro atoms. The van der Waals surface area contributed by atoms with E-state index in [1.54, 1.807) is 0 Å². The third-order valence-electron chi connectivity index (χ3n) is 14.6. The number of likely N-dealkylation sites (N-methyl/N-ethyl adjacent to an activating group) is 1. The number of carbonyl (C=O) groups is 3. The number of ether oxygens (including phenoxy) is 4. The fourth-order valence-corrected chi connectivity index (χ4v) is 9.44. The summed E-state index contributed by atoms with van der Waals surface area (Å²) in [5, 5.41) is 11.8. The Balaban J connectivity index is 4.21. The minimum absolute atomic E-state index is 0.135. The number of nitrogens with zero attached hydrogens (tertiary/aromatic N) is 1. The fourth-order valence-electron chi connectivity index (χ4n) is 9.44. The summed E-state index contributed by atoms with van der Waals surface area (Å²) in [7, 11) is 5.91. The van der Waals surface area contributed by atoms with Crippen LogP contribution < -0.4 is 5.11 Å².